The minimum Gasteiger partial charge on any atom is -0.324 e. The van der Waals surface area contributed by atoms with Crippen LogP contribution in [0.15, 0.2) is 46.9 Å². The van der Waals surface area contributed by atoms with Gasteiger partial charge in [0.15, 0.2) is 0 Å². The minimum atomic E-state index is -0.204. The van der Waals surface area contributed by atoms with Crippen molar-refractivity contribution in [1.29, 1.82) is 0 Å². The SMILES string of the molecule is Cc1ccc(-c2nnn(CC(=O)Nc3ccc(Br)c(C)c3)n2)cc1. The van der Waals surface area contributed by atoms with Crippen molar-refractivity contribution in [2.24, 2.45) is 0 Å². The third-order valence-electron chi connectivity index (χ3n) is 3.49. The fraction of sp³-hybridized carbons (Fsp3) is 0.176. The van der Waals surface area contributed by atoms with Gasteiger partial charge in [0, 0.05) is 15.7 Å². The average molecular weight is 386 g/mol. The Hall–Kier alpha value is -2.54. The van der Waals surface area contributed by atoms with Gasteiger partial charge < -0.3 is 5.32 Å². The van der Waals surface area contributed by atoms with Crippen molar-refractivity contribution < 1.29 is 4.79 Å². The molecule has 1 N–H and O–H groups in total. The van der Waals surface area contributed by atoms with Gasteiger partial charge in [-0.3, -0.25) is 4.79 Å². The van der Waals surface area contributed by atoms with Gasteiger partial charge >= 0.3 is 0 Å². The molecule has 1 amide bonds. The van der Waals surface area contributed by atoms with Gasteiger partial charge in [-0.05, 0) is 42.8 Å². The molecule has 0 atom stereocenters. The highest BCUT2D eigenvalue weighted by molar-refractivity contribution is 9.10. The summed E-state index contributed by atoms with van der Waals surface area (Å²) in [5, 5.41) is 15.0. The zero-order valence-corrected chi connectivity index (χ0v) is 14.9. The summed E-state index contributed by atoms with van der Waals surface area (Å²) in [6.45, 7) is 3.99. The van der Waals surface area contributed by atoms with Crippen LogP contribution in [0.4, 0.5) is 5.69 Å². The van der Waals surface area contributed by atoms with E-state index in [-0.39, 0.29) is 12.5 Å². The number of rotatable bonds is 4. The first kappa shape index (κ1) is 16.3. The maximum atomic E-state index is 12.1. The van der Waals surface area contributed by atoms with Crippen molar-refractivity contribution in [2.75, 3.05) is 5.32 Å². The second-order valence-corrected chi connectivity index (χ2v) is 6.38. The maximum Gasteiger partial charge on any atom is 0.248 e. The molecule has 0 aliphatic rings. The number of hydrogen-bond donors (Lipinski definition) is 1. The van der Waals surface area contributed by atoms with E-state index in [0.717, 1.165) is 26.9 Å². The van der Waals surface area contributed by atoms with Crippen LogP contribution < -0.4 is 5.32 Å². The molecule has 3 rings (SSSR count). The summed E-state index contributed by atoms with van der Waals surface area (Å²) in [6.07, 6.45) is 0. The van der Waals surface area contributed by atoms with Crippen LogP contribution in [0.5, 0.6) is 0 Å². The largest absolute Gasteiger partial charge is 0.324 e. The van der Waals surface area contributed by atoms with E-state index in [1.54, 1.807) is 0 Å². The molecule has 0 saturated heterocycles. The van der Waals surface area contributed by atoms with Crippen LogP contribution in [0, 0.1) is 13.8 Å². The lowest BCUT2D eigenvalue weighted by molar-refractivity contribution is -0.117. The van der Waals surface area contributed by atoms with Gasteiger partial charge in [-0.15, -0.1) is 10.2 Å². The molecule has 3 aromatic rings. The highest BCUT2D eigenvalue weighted by Gasteiger charge is 2.10. The number of aryl methyl sites for hydroxylation is 2. The van der Waals surface area contributed by atoms with E-state index in [1.807, 2.05) is 56.3 Å². The summed E-state index contributed by atoms with van der Waals surface area (Å²) in [4.78, 5) is 13.4. The first-order valence-electron chi connectivity index (χ1n) is 7.42. The predicted molar refractivity (Wildman–Crippen MR) is 95.5 cm³/mol. The second kappa shape index (κ2) is 6.92. The molecule has 0 saturated carbocycles. The molecule has 2 aromatic carbocycles. The molecule has 0 aliphatic carbocycles. The zero-order chi connectivity index (χ0) is 17.1. The summed E-state index contributed by atoms with van der Waals surface area (Å²) in [6, 6.07) is 13.5. The van der Waals surface area contributed by atoms with Crippen LogP contribution in [0.25, 0.3) is 11.4 Å². The summed E-state index contributed by atoms with van der Waals surface area (Å²) >= 11 is 3.43. The van der Waals surface area contributed by atoms with E-state index >= 15 is 0 Å². The standard InChI is InChI=1S/C17H16BrN5O/c1-11-3-5-13(6-4-11)17-20-22-23(21-17)10-16(24)19-14-7-8-15(18)12(2)9-14/h3-9H,10H2,1-2H3,(H,19,24). The minimum absolute atomic E-state index is 0.00791. The normalized spacial score (nSPS) is 10.6. The summed E-state index contributed by atoms with van der Waals surface area (Å²) in [7, 11) is 0. The van der Waals surface area contributed by atoms with Crippen molar-refractivity contribution >= 4 is 27.5 Å². The number of nitrogens with zero attached hydrogens (tertiary/aromatic N) is 4. The highest BCUT2D eigenvalue weighted by Crippen LogP contribution is 2.20. The fourth-order valence-corrected chi connectivity index (χ4v) is 2.43. The molecule has 6 nitrogen and oxygen atoms in total. The number of halogens is 1. The molecule has 0 unspecified atom stereocenters. The third-order valence-corrected chi connectivity index (χ3v) is 4.38. The molecule has 7 heteroatoms. The molecular formula is C17H16BrN5O. The Morgan fingerprint density at radius 3 is 2.62 bits per heavy atom. The first-order chi connectivity index (χ1) is 11.5. The number of aromatic nitrogens is 4. The van der Waals surface area contributed by atoms with Crippen molar-refractivity contribution in [3.63, 3.8) is 0 Å². The van der Waals surface area contributed by atoms with Gasteiger partial charge in [0.1, 0.15) is 6.54 Å². The van der Waals surface area contributed by atoms with Gasteiger partial charge in [0.05, 0.1) is 0 Å². The summed E-state index contributed by atoms with van der Waals surface area (Å²) < 4.78 is 1.00. The van der Waals surface area contributed by atoms with Crippen LogP contribution >= 0.6 is 15.9 Å². The number of nitrogens with one attached hydrogen (secondary N) is 1. The van der Waals surface area contributed by atoms with Crippen molar-refractivity contribution in [3.8, 4) is 11.4 Å². The predicted octanol–water partition coefficient (Wildman–Crippen LogP) is 3.36. The van der Waals surface area contributed by atoms with Gasteiger partial charge in [-0.1, -0.05) is 45.8 Å². The summed E-state index contributed by atoms with van der Waals surface area (Å²) in [5.74, 6) is 0.298. The van der Waals surface area contributed by atoms with E-state index in [1.165, 1.54) is 4.80 Å². The van der Waals surface area contributed by atoms with E-state index in [4.69, 9.17) is 0 Å². The quantitative estimate of drug-likeness (QED) is 0.747. The number of benzene rings is 2. The molecule has 122 valence electrons. The molecule has 1 aromatic heterocycles. The van der Waals surface area contributed by atoms with Gasteiger partial charge in [0.2, 0.25) is 11.7 Å². The molecular weight excluding hydrogens is 370 g/mol. The topological polar surface area (TPSA) is 72.7 Å². The lowest BCUT2D eigenvalue weighted by Gasteiger charge is -2.06. The van der Waals surface area contributed by atoms with Crippen LogP contribution in [0.1, 0.15) is 11.1 Å². The maximum absolute atomic E-state index is 12.1. The number of amides is 1. The Kier molecular flexibility index (Phi) is 4.71. The van der Waals surface area contributed by atoms with Crippen molar-refractivity contribution in [1.82, 2.24) is 20.2 Å². The molecule has 0 radical (unpaired) electrons. The van der Waals surface area contributed by atoms with Crippen LogP contribution in [-0.4, -0.2) is 26.1 Å². The molecule has 0 fully saturated rings. The molecule has 0 aliphatic heterocycles. The van der Waals surface area contributed by atoms with Gasteiger partial charge in [0.25, 0.3) is 0 Å². The smallest absolute Gasteiger partial charge is 0.248 e. The highest BCUT2D eigenvalue weighted by atomic mass is 79.9. The van der Waals surface area contributed by atoms with E-state index in [9.17, 15) is 4.79 Å². The van der Waals surface area contributed by atoms with Crippen LogP contribution in [-0.2, 0) is 11.3 Å². The molecule has 0 bridgehead atoms. The van der Waals surface area contributed by atoms with Crippen molar-refractivity contribution in [3.05, 3.63) is 58.1 Å². The Labute approximate surface area is 148 Å². The number of carbonyl (C=O) groups is 1. The molecule has 1 heterocycles. The van der Waals surface area contributed by atoms with Gasteiger partial charge in [-0.25, -0.2) is 0 Å². The Bertz CT molecular complexity index is 873. The number of carbonyl (C=O) groups excluding carboxylic acids is 1. The third kappa shape index (κ3) is 3.86. The van der Waals surface area contributed by atoms with E-state index in [2.05, 4.69) is 36.7 Å². The monoisotopic (exact) mass is 385 g/mol. The fourth-order valence-electron chi connectivity index (χ4n) is 2.18. The second-order valence-electron chi connectivity index (χ2n) is 5.52. The molecule has 0 spiro atoms. The lowest BCUT2D eigenvalue weighted by atomic mass is 10.1. The Balaban J connectivity index is 1.66. The number of tetrazole rings is 1. The van der Waals surface area contributed by atoms with E-state index < -0.39 is 0 Å². The Morgan fingerprint density at radius 1 is 1.17 bits per heavy atom. The summed E-state index contributed by atoms with van der Waals surface area (Å²) in [5.41, 5.74) is 3.82. The number of anilines is 1. The average Bonchev–Trinajstić information content (AvgIpc) is 3.00. The van der Waals surface area contributed by atoms with Crippen molar-refractivity contribution in [2.45, 2.75) is 20.4 Å². The van der Waals surface area contributed by atoms with E-state index in [0.29, 0.717) is 5.82 Å². The molecule has 24 heavy (non-hydrogen) atoms. The van der Waals surface area contributed by atoms with Crippen LogP contribution in [0.3, 0.4) is 0 Å². The zero-order valence-electron chi connectivity index (χ0n) is 13.3. The van der Waals surface area contributed by atoms with Gasteiger partial charge in [-0.2, -0.15) is 4.80 Å². The lowest BCUT2D eigenvalue weighted by Crippen LogP contribution is -2.20. The first-order valence-corrected chi connectivity index (χ1v) is 8.21. The van der Waals surface area contributed by atoms with Crippen LogP contribution in [0.2, 0.25) is 0 Å². The number of hydrogen-bond acceptors (Lipinski definition) is 4. The Morgan fingerprint density at radius 2 is 1.92 bits per heavy atom.